The van der Waals surface area contributed by atoms with E-state index < -0.39 is 23.5 Å². The lowest BCUT2D eigenvalue weighted by Gasteiger charge is -2.33. The molecule has 3 rings (SSSR count). The van der Waals surface area contributed by atoms with Crippen LogP contribution >= 0.6 is 0 Å². The number of halogens is 1. The summed E-state index contributed by atoms with van der Waals surface area (Å²) in [4.78, 5) is 26.4. The molecule has 0 saturated carbocycles. The van der Waals surface area contributed by atoms with Gasteiger partial charge < -0.3 is 19.1 Å². The fourth-order valence-electron chi connectivity index (χ4n) is 3.09. The number of likely N-dealkylation sites (N-methyl/N-ethyl adjacent to an activating group) is 1. The quantitative estimate of drug-likeness (QED) is 0.706. The van der Waals surface area contributed by atoms with E-state index in [1.54, 1.807) is 46.9 Å². The van der Waals surface area contributed by atoms with Gasteiger partial charge in [-0.05, 0) is 39.8 Å². The highest BCUT2D eigenvalue weighted by atomic mass is 19.1. The van der Waals surface area contributed by atoms with Crippen LogP contribution in [-0.2, 0) is 16.0 Å². The zero-order valence-electron chi connectivity index (χ0n) is 17.8. The van der Waals surface area contributed by atoms with Crippen LogP contribution in [0.2, 0.25) is 0 Å². The van der Waals surface area contributed by atoms with Crippen LogP contribution in [0, 0.1) is 5.82 Å². The lowest BCUT2D eigenvalue weighted by molar-refractivity contribution is 0.0100. The maximum absolute atomic E-state index is 14.4. The maximum Gasteiger partial charge on any atom is 0.410 e. The molecular formula is C21H26FN3O5. The van der Waals surface area contributed by atoms with Crippen molar-refractivity contribution in [3.8, 4) is 17.1 Å². The average Bonchev–Trinajstić information content (AvgIpc) is 3.05. The third-order valence-electron chi connectivity index (χ3n) is 4.54. The second-order valence-corrected chi connectivity index (χ2v) is 7.97. The van der Waals surface area contributed by atoms with Gasteiger partial charge in [0.1, 0.15) is 29.3 Å². The largest absolute Gasteiger partial charge is 0.475 e. The van der Waals surface area contributed by atoms with Crippen molar-refractivity contribution < 1.29 is 28.2 Å². The summed E-state index contributed by atoms with van der Waals surface area (Å²) < 4.78 is 32.2. The summed E-state index contributed by atoms with van der Waals surface area (Å²) in [7, 11) is 1.61. The summed E-state index contributed by atoms with van der Waals surface area (Å²) in [5, 5.41) is 4.42. The second-order valence-electron chi connectivity index (χ2n) is 7.97. The van der Waals surface area contributed by atoms with Crippen molar-refractivity contribution in [3.05, 3.63) is 35.6 Å². The molecule has 8 nitrogen and oxygen atoms in total. The van der Waals surface area contributed by atoms with E-state index >= 15 is 0 Å². The molecule has 1 aliphatic heterocycles. The van der Waals surface area contributed by atoms with Crippen molar-refractivity contribution in [2.24, 2.45) is 0 Å². The molecule has 0 N–H and O–H groups in total. The number of aromatic nitrogens is 2. The first-order valence-electron chi connectivity index (χ1n) is 9.73. The van der Waals surface area contributed by atoms with Gasteiger partial charge in [-0.25, -0.2) is 18.7 Å². The Morgan fingerprint density at radius 1 is 1.33 bits per heavy atom. The predicted octanol–water partition coefficient (Wildman–Crippen LogP) is 3.49. The van der Waals surface area contributed by atoms with Gasteiger partial charge in [0.25, 0.3) is 0 Å². The van der Waals surface area contributed by atoms with Gasteiger partial charge in [0.15, 0.2) is 0 Å². The average molecular weight is 419 g/mol. The number of rotatable bonds is 4. The molecule has 2 heterocycles. The summed E-state index contributed by atoms with van der Waals surface area (Å²) in [5.41, 5.74) is -0.252. The van der Waals surface area contributed by atoms with Crippen molar-refractivity contribution in [2.75, 3.05) is 20.3 Å². The fraction of sp³-hybridized carbons (Fsp3) is 0.476. The lowest BCUT2D eigenvalue weighted by Crippen LogP contribution is -2.47. The van der Waals surface area contributed by atoms with Gasteiger partial charge in [-0.2, -0.15) is 5.10 Å². The van der Waals surface area contributed by atoms with Crippen molar-refractivity contribution in [1.82, 2.24) is 14.7 Å². The molecule has 1 aromatic heterocycles. The number of hydrogen-bond donors (Lipinski definition) is 0. The lowest BCUT2D eigenvalue weighted by atomic mass is 10.1. The van der Waals surface area contributed by atoms with Gasteiger partial charge in [0.05, 0.1) is 19.2 Å². The number of nitrogens with zero attached hydrogens (tertiary/aromatic N) is 3. The Morgan fingerprint density at radius 3 is 2.67 bits per heavy atom. The van der Waals surface area contributed by atoms with E-state index in [1.165, 1.54) is 21.7 Å². The van der Waals surface area contributed by atoms with Crippen LogP contribution in [0.15, 0.2) is 24.3 Å². The van der Waals surface area contributed by atoms with Gasteiger partial charge in [0.2, 0.25) is 5.88 Å². The van der Waals surface area contributed by atoms with Crippen molar-refractivity contribution >= 4 is 12.1 Å². The van der Waals surface area contributed by atoms with Gasteiger partial charge in [0, 0.05) is 12.6 Å². The van der Waals surface area contributed by atoms with Crippen LogP contribution < -0.4 is 4.74 Å². The molecule has 30 heavy (non-hydrogen) atoms. The molecule has 0 aliphatic carbocycles. The first kappa shape index (κ1) is 21.6. The van der Waals surface area contributed by atoms with E-state index in [9.17, 15) is 14.0 Å². The molecule has 2 aromatic rings. The minimum absolute atomic E-state index is 0.0697. The summed E-state index contributed by atoms with van der Waals surface area (Å²) >= 11 is 0. The summed E-state index contributed by atoms with van der Waals surface area (Å²) in [5.74, 6) is -0.961. The van der Waals surface area contributed by atoms with E-state index in [0.29, 0.717) is 0 Å². The van der Waals surface area contributed by atoms with E-state index in [-0.39, 0.29) is 48.5 Å². The Morgan fingerprint density at radius 2 is 2.03 bits per heavy atom. The molecule has 1 atom stereocenters. The highest BCUT2D eigenvalue weighted by Gasteiger charge is 2.35. The molecular weight excluding hydrogens is 393 g/mol. The minimum atomic E-state index is -0.643. The SMILES string of the molecule is CCOC(=O)c1c(-c2ccccc2F)nn2c1OCC(N(C)C(=O)OC(C)(C)C)C2. The minimum Gasteiger partial charge on any atom is -0.475 e. The van der Waals surface area contributed by atoms with E-state index in [1.807, 2.05) is 0 Å². The summed E-state index contributed by atoms with van der Waals surface area (Å²) in [6.07, 6.45) is -0.494. The Labute approximate surface area is 174 Å². The van der Waals surface area contributed by atoms with Crippen molar-refractivity contribution in [2.45, 2.75) is 45.9 Å². The fourth-order valence-corrected chi connectivity index (χ4v) is 3.09. The molecule has 162 valence electrons. The monoisotopic (exact) mass is 419 g/mol. The molecule has 9 heteroatoms. The molecule has 0 saturated heterocycles. The standard InChI is InChI=1S/C21H26FN3O5/c1-6-28-19(26)16-17(14-9-7-8-10-15(14)22)23-25-11-13(12-29-18(16)25)24(5)20(27)30-21(2,3)4/h7-10,13H,6,11-12H2,1-5H3. The maximum atomic E-state index is 14.4. The Balaban J connectivity index is 1.95. The smallest absolute Gasteiger partial charge is 0.410 e. The van der Waals surface area contributed by atoms with Gasteiger partial charge in [-0.15, -0.1) is 0 Å². The number of ether oxygens (including phenoxy) is 3. The summed E-state index contributed by atoms with van der Waals surface area (Å²) in [6.45, 7) is 7.58. The van der Waals surface area contributed by atoms with Crippen LogP contribution in [0.5, 0.6) is 5.88 Å². The van der Waals surface area contributed by atoms with Crippen LogP contribution in [0.25, 0.3) is 11.3 Å². The third-order valence-corrected chi connectivity index (χ3v) is 4.54. The number of benzene rings is 1. The normalized spacial score (nSPS) is 15.7. The molecule has 1 amide bonds. The highest BCUT2D eigenvalue weighted by molar-refractivity contribution is 5.99. The topological polar surface area (TPSA) is 82.9 Å². The predicted molar refractivity (Wildman–Crippen MR) is 107 cm³/mol. The van der Waals surface area contributed by atoms with Crippen molar-refractivity contribution in [1.29, 1.82) is 0 Å². The van der Waals surface area contributed by atoms with Crippen LogP contribution in [0.3, 0.4) is 0 Å². The molecule has 0 radical (unpaired) electrons. The first-order chi connectivity index (χ1) is 14.1. The number of hydrogen-bond acceptors (Lipinski definition) is 6. The number of carbonyl (C=O) groups is 2. The number of carbonyl (C=O) groups excluding carboxylic acids is 2. The van der Waals surface area contributed by atoms with Crippen LogP contribution in [0.1, 0.15) is 38.1 Å². The Kier molecular flexibility index (Phi) is 6.00. The highest BCUT2D eigenvalue weighted by Crippen LogP contribution is 2.35. The zero-order valence-corrected chi connectivity index (χ0v) is 17.8. The zero-order chi connectivity index (χ0) is 22.1. The molecule has 1 aliphatic rings. The first-order valence-corrected chi connectivity index (χ1v) is 9.73. The van der Waals surface area contributed by atoms with E-state index in [0.717, 1.165) is 0 Å². The van der Waals surface area contributed by atoms with Gasteiger partial charge >= 0.3 is 12.1 Å². The number of fused-ring (bicyclic) bond motifs is 1. The molecule has 0 spiro atoms. The Hall–Kier alpha value is -3.10. The molecule has 0 fully saturated rings. The van der Waals surface area contributed by atoms with E-state index in [4.69, 9.17) is 14.2 Å². The molecule has 0 bridgehead atoms. The molecule has 1 aromatic carbocycles. The van der Waals surface area contributed by atoms with Gasteiger partial charge in [-0.3, -0.25) is 0 Å². The van der Waals surface area contributed by atoms with Crippen molar-refractivity contribution in [3.63, 3.8) is 0 Å². The number of amides is 1. The molecule has 1 unspecified atom stereocenters. The third kappa shape index (κ3) is 4.39. The number of esters is 1. The van der Waals surface area contributed by atoms with Crippen LogP contribution in [0.4, 0.5) is 9.18 Å². The Bertz CT molecular complexity index is 951. The van der Waals surface area contributed by atoms with Gasteiger partial charge in [-0.1, -0.05) is 12.1 Å². The van der Waals surface area contributed by atoms with Crippen LogP contribution in [-0.4, -0.2) is 58.6 Å². The van der Waals surface area contributed by atoms with E-state index in [2.05, 4.69) is 5.10 Å². The second kappa shape index (κ2) is 8.33. The summed E-state index contributed by atoms with van der Waals surface area (Å²) in [6, 6.07) is 5.67.